The first kappa shape index (κ1) is 16.0. The molecule has 4 aromatic rings. The van der Waals surface area contributed by atoms with Crippen molar-refractivity contribution in [2.45, 2.75) is 13.2 Å². The Balaban J connectivity index is 1.65. The molecule has 6 nitrogen and oxygen atoms in total. The Kier molecular flexibility index (Phi) is 3.83. The van der Waals surface area contributed by atoms with Crippen LogP contribution in [0.4, 0.5) is 0 Å². The fourth-order valence-corrected chi connectivity index (χ4v) is 3.38. The van der Waals surface area contributed by atoms with Crippen LogP contribution in [0, 0.1) is 0 Å². The molecule has 0 saturated carbocycles. The van der Waals surface area contributed by atoms with Gasteiger partial charge in [0, 0.05) is 24.1 Å². The number of nitrogens with zero attached hydrogens (tertiary/aromatic N) is 2. The zero-order valence-electron chi connectivity index (χ0n) is 14.8. The minimum atomic E-state index is 0.243. The first-order valence-electron chi connectivity index (χ1n) is 8.72. The third kappa shape index (κ3) is 2.84. The van der Waals surface area contributed by atoms with Gasteiger partial charge in [-0.3, -0.25) is 4.68 Å². The van der Waals surface area contributed by atoms with E-state index in [1.165, 1.54) is 5.56 Å². The summed E-state index contributed by atoms with van der Waals surface area (Å²) >= 11 is 0. The zero-order chi connectivity index (χ0) is 18.2. The molecule has 1 aliphatic heterocycles. The molecule has 0 bridgehead atoms. The molecule has 0 fully saturated rings. The van der Waals surface area contributed by atoms with Crippen molar-refractivity contribution in [2.24, 2.45) is 0 Å². The highest BCUT2D eigenvalue weighted by Crippen LogP contribution is 2.40. The standard InChI is InChI=1S/C21H18N2O4/c1-24-12-16-7-15(11-25-16)21-17-8-19-20(27-13-26-19)9-18(17)23(22-21)10-14-5-3-2-4-6-14/h2-9,11H,10,12-13H2,1H3. The Bertz CT molecular complexity index is 1100. The monoisotopic (exact) mass is 362 g/mol. The third-order valence-electron chi connectivity index (χ3n) is 4.63. The molecule has 6 heteroatoms. The van der Waals surface area contributed by atoms with Gasteiger partial charge in [0.25, 0.3) is 0 Å². The van der Waals surface area contributed by atoms with Crippen LogP contribution in [0.2, 0.25) is 0 Å². The maximum atomic E-state index is 5.60. The lowest BCUT2D eigenvalue weighted by molar-refractivity contribution is 0.164. The molecule has 27 heavy (non-hydrogen) atoms. The Labute approximate surface area is 155 Å². The number of hydrogen-bond acceptors (Lipinski definition) is 5. The lowest BCUT2D eigenvalue weighted by atomic mass is 10.1. The van der Waals surface area contributed by atoms with Crippen LogP contribution >= 0.6 is 0 Å². The van der Waals surface area contributed by atoms with Crippen molar-refractivity contribution in [1.29, 1.82) is 0 Å². The first-order valence-corrected chi connectivity index (χ1v) is 8.72. The highest BCUT2D eigenvalue weighted by Gasteiger charge is 2.21. The summed E-state index contributed by atoms with van der Waals surface area (Å²) in [5.41, 5.74) is 3.94. The molecule has 2 aromatic carbocycles. The number of furan rings is 1. The maximum absolute atomic E-state index is 5.60. The Morgan fingerprint density at radius 2 is 1.89 bits per heavy atom. The molecule has 2 aromatic heterocycles. The van der Waals surface area contributed by atoms with Crippen molar-refractivity contribution in [3.8, 4) is 22.8 Å². The van der Waals surface area contributed by atoms with E-state index in [1.807, 2.05) is 41.1 Å². The minimum absolute atomic E-state index is 0.243. The average Bonchev–Trinajstić information content (AvgIpc) is 3.40. The van der Waals surface area contributed by atoms with E-state index in [0.717, 1.165) is 39.4 Å². The maximum Gasteiger partial charge on any atom is 0.231 e. The summed E-state index contributed by atoms with van der Waals surface area (Å²) in [6, 6.07) is 16.2. The van der Waals surface area contributed by atoms with Gasteiger partial charge < -0.3 is 18.6 Å². The largest absolute Gasteiger partial charge is 0.466 e. The molecule has 0 unspecified atom stereocenters. The smallest absolute Gasteiger partial charge is 0.231 e. The van der Waals surface area contributed by atoms with Crippen LogP contribution in [0.25, 0.3) is 22.2 Å². The molecule has 0 radical (unpaired) electrons. The lowest BCUT2D eigenvalue weighted by Crippen LogP contribution is -2.01. The lowest BCUT2D eigenvalue weighted by Gasteiger charge is -2.04. The molecular formula is C21H18N2O4. The summed E-state index contributed by atoms with van der Waals surface area (Å²) in [6.07, 6.45) is 1.72. The van der Waals surface area contributed by atoms with Gasteiger partial charge in [-0.1, -0.05) is 30.3 Å². The van der Waals surface area contributed by atoms with E-state index in [9.17, 15) is 0 Å². The van der Waals surface area contributed by atoms with E-state index in [0.29, 0.717) is 13.2 Å². The van der Waals surface area contributed by atoms with E-state index in [-0.39, 0.29) is 6.79 Å². The van der Waals surface area contributed by atoms with Crippen molar-refractivity contribution >= 4 is 10.9 Å². The van der Waals surface area contributed by atoms with Crippen molar-refractivity contribution in [3.05, 3.63) is 66.1 Å². The van der Waals surface area contributed by atoms with Gasteiger partial charge in [-0.25, -0.2) is 0 Å². The van der Waals surface area contributed by atoms with Gasteiger partial charge >= 0.3 is 0 Å². The van der Waals surface area contributed by atoms with Crippen molar-refractivity contribution in [1.82, 2.24) is 9.78 Å². The SMILES string of the molecule is COCc1cc(-c2nn(Cc3ccccc3)c3cc4c(cc23)OCO4)co1. The summed E-state index contributed by atoms with van der Waals surface area (Å²) < 4.78 is 23.9. The highest BCUT2D eigenvalue weighted by molar-refractivity contribution is 5.95. The number of hydrogen-bond donors (Lipinski definition) is 0. The number of aromatic nitrogens is 2. The van der Waals surface area contributed by atoms with Gasteiger partial charge in [0.2, 0.25) is 6.79 Å². The number of benzene rings is 2. The van der Waals surface area contributed by atoms with Gasteiger partial charge in [0.1, 0.15) is 24.3 Å². The van der Waals surface area contributed by atoms with Crippen LogP contribution in [0.5, 0.6) is 11.5 Å². The quantitative estimate of drug-likeness (QED) is 0.532. The van der Waals surface area contributed by atoms with E-state index in [1.54, 1.807) is 13.4 Å². The van der Waals surface area contributed by atoms with Crippen LogP contribution in [-0.4, -0.2) is 23.7 Å². The number of rotatable bonds is 5. The topological polar surface area (TPSA) is 58.7 Å². The summed E-state index contributed by atoms with van der Waals surface area (Å²) in [4.78, 5) is 0. The summed E-state index contributed by atoms with van der Waals surface area (Å²) in [7, 11) is 1.65. The highest BCUT2D eigenvalue weighted by atomic mass is 16.7. The second-order valence-electron chi connectivity index (χ2n) is 6.45. The van der Waals surface area contributed by atoms with E-state index in [4.69, 9.17) is 23.7 Å². The molecule has 3 heterocycles. The van der Waals surface area contributed by atoms with Crippen molar-refractivity contribution < 1.29 is 18.6 Å². The average molecular weight is 362 g/mol. The molecular weight excluding hydrogens is 344 g/mol. The molecule has 0 spiro atoms. The van der Waals surface area contributed by atoms with Crippen LogP contribution < -0.4 is 9.47 Å². The van der Waals surface area contributed by atoms with Gasteiger partial charge in [0.05, 0.1) is 12.1 Å². The van der Waals surface area contributed by atoms with Gasteiger partial charge in [-0.15, -0.1) is 0 Å². The number of ether oxygens (including phenoxy) is 3. The first-order chi connectivity index (χ1) is 13.3. The fraction of sp³-hybridized carbons (Fsp3) is 0.190. The van der Waals surface area contributed by atoms with Crippen molar-refractivity contribution in [3.63, 3.8) is 0 Å². The summed E-state index contributed by atoms with van der Waals surface area (Å²) in [5, 5.41) is 5.87. The molecule has 0 aliphatic carbocycles. The molecule has 0 atom stereocenters. The normalized spacial score (nSPS) is 12.8. The second kappa shape index (κ2) is 6.48. The fourth-order valence-electron chi connectivity index (χ4n) is 3.38. The zero-order valence-corrected chi connectivity index (χ0v) is 14.8. The summed E-state index contributed by atoms with van der Waals surface area (Å²) in [6.45, 7) is 1.34. The third-order valence-corrected chi connectivity index (χ3v) is 4.63. The van der Waals surface area contributed by atoms with E-state index in [2.05, 4.69) is 12.1 Å². The molecule has 0 amide bonds. The van der Waals surface area contributed by atoms with Crippen LogP contribution in [0.15, 0.2) is 59.2 Å². The predicted octanol–water partition coefficient (Wildman–Crippen LogP) is 4.22. The minimum Gasteiger partial charge on any atom is -0.466 e. The molecule has 5 rings (SSSR count). The van der Waals surface area contributed by atoms with Crippen LogP contribution in [-0.2, 0) is 17.9 Å². The molecule has 136 valence electrons. The Morgan fingerprint density at radius 1 is 1.07 bits per heavy atom. The predicted molar refractivity (Wildman–Crippen MR) is 99.8 cm³/mol. The van der Waals surface area contributed by atoms with Gasteiger partial charge in [0.15, 0.2) is 11.5 Å². The molecule has 1 aliphatic rings. The number of methoxy groups -OCH3 is 1. The molecule has 0 N–H and O–H groups in total. The van der Waals surface area contributed by atoms with E-state index < -0.39 is 0 Å². The van der Waals surface area contributed by atoms with Gasteiger partial charge in [-0.05, 0) is 17.7 Å². The van der Waals surface area contributed by atoms with Crippen molar-refractivity contribution in [2.75, 3.05) is 13.9 Å². The summed E-state index contributed by atoms with van der Waals surface area (Å²) in [5.74, 6) is 2.25. The second-order valence-corrected chi connectivity index (χ2v) is 6.45. The Morgan fingerprint density at radius 3 is 2.70 bits per heavy atom. The van der Waals surface area contributed by atoms with E-state index >= 15 is 0 Å². The molecule has 0 saturated heterocycles. The van der Waals surface area contributed by atoms with Crippen LogP contribution in [0.1, 0.15) is 11.3 Å². The number of fused-ring (bicyclic) bond motifs is 2. The van der Waals surface area contributed by atoms with Gasteiger partial charge in [-0.2, -0.15) is 5.10 Å². The van der Waals surface area contributed by atoms with Crippen LogP contribution in [0.3, 0.4) is 0 Å². The Hall–Kier alpha value is -3.25.